The van der Waals surface area contributed by atoms with E-state index in [1.54, 1.807) is 15.9 Å². The molecule has 1 saturated carbocycles. The zero-order valence-electron chi connectivity index (χ0n) is 11.6. The van der Waals surface area contributed by atoms with Crippen LogP contribution in [0.4, 0.5) is 0 Å². The summed E-state index contributed by atoms with van der Waals surface area (Å²) >= 11 is 7.14. The van der Waals surface area contributed by atoms with E-state index in [0.29, 0.717) is 10.7 Å². The maximum Gasteiger partial charge on any atom is 0.263 e. The summed E-state index contributed by atoms with van der Waals surface area (Å²) in [4.78, 5) is 18.5. The molecule has 3 nitrogen and oxygen atoms in total. The molecule has 2 heterocycles. The second kappa shape index (κ2) is 4.53. The maximum atomic E-state index is 12.8. The van der Waals surface area contributed by atoms with E-state index in [4.69, 9.17) is 12.2 Å². The van der Waals surface area contributed by atoms with E-state index in [9.17, 15) is 4.79 Å². The van der Waals surface area contributed by atoms with Crippen LogP contribution in [0.1, 0.15) is 36.6 Å². The number of rotatable bonds is 2. The fraction of sp³-hybridized carbons (Fsp3) is 0.600. The van der Waals surface area contributed by atoms with Crippen LogP contribution in [0, 0.1) is 16.6 Å². The standard InChI is InChI=1S/C15H18N2OS2/c1-8-6-9(8)7-17-14(18)12-10-4-2-3-5-11(10)20-13(12)16-15(17)19/h8-9H,2-7H2,1H3,(H,16,19). The molecule has 1 N–H and O–H groups in total. The molecule has 0 aromatic carbocycles. The van der Waals surface area contributed by atoms with E-state index in [2.05, 4.69) is 11.9 Å². The van der Waals surface area contributed by atoms with Gasteiger partial charge in [-0.1, -0.05) is 6.92 Å². The van der Waals surface area contributed by atoms with Gasteiger partial charge in [-0.25, -0.2) is 0 Å². The van der Waals surface area contributed by atoms with Crippen LogP contribution in [0.3, 0.4) is 0 Å². The van der Waals surface area contributed by atoms with Crippen molar-refractivity contribution in [3.8, 4) is 0 Å². The van der Waals surface area contributed by atoms with Gasteiger partial charge in [0.1, 0.15) is 4.83 Å². The third-order valence-electron chi connectivity index (χ3n) is 4.79. The van der Waals surface area contributed by atoms with Crippen LogP contribution in [0.2, 0.25) is 0 Å². The summed E-state index contributed by atoms with van der Waals surface area (Å²) in [5.74, 6) is 1.37. The summed E-state index contributed by atoms with van der Waals surface area (Å²) in [6.45, 7) is 3.03. The van der Waals surface area contributed by atoms with Crippen molar-refractivity contribution in [3.63, 3.8) is 0 Å². The highest BCUT2D eigenvalue weighted by atomic mass is 32.1. The summed E-state index contributed by atoms with van der Waals surface area (Å²) in [7, 11) is 0. The van der Waals surface area contributed by atoms with Gasteiger partial charge in [0.05, 0.1) is 5.39 Å². The number of aromatic nitrogens is 2. The molecule has 0 amide bonds. The van der Waals surface area contributed by atoms with E-state index in [-0.39, 0.29) is 5.56 Å². The van der Waals surface area contributed by atoms with Crippen molar-refractivity contribution in [2.45, 2.75) is 45.6 Å². The van der Waals surface area contributed by atoms with Gasteiger partial charge in [0.25, 0.3) is 5.56 Å². The van der Waals surface area contributed by atoms with Gasteiger partial charge in [0.15, 0.2) is 4.77 Å². The molecule has 2 aromatic rings. The lowest BCUT2D eigenvalue weighted by atomic mass is 9.97. The third kappa shape index (κ3) is 1.91. The van der Waals surface area contributed by atoms with Crippen molar-refractivity contribution < 1.29 is 0 Å². The molecule has 0 saturated heterocycles. The Morgan fingerprint density at radius 3 is 2.90 bits per heavy atom. The minimum Gasteiger partial charge on any atom is -0.323 e. The van der Waals surface area contributed by atoms with Crippen LogP contribution >= 0.6 is 23.6 Å². The molecule has 2 aliphatic carbocycles. The maximum absolute atomic E-state index is 12.8. The van der Waals surface area contributed by atoms with Crippen LogP contribution in [0.5, 0.6) is 0 Å². The lowest BCUT2D eigenvalue weighted by Crippen LogP contribution is -2.23. The molecule has 106 valence electrons. The highest BCUT2D eigenvalue weighted by Crippen LogP contribution is 2.39. The Kier molecular flexibility index (Phi) is 2.89. The monoisotopic (exact) mass is 306 g/mol. The number of hydrogen-bond donors (Lipinski definition) is 1. The average molecular weight is 306 g/mol. The summed E-state index contributed by atoms with van der Waals surface area (Å²) in [6, 6.07) is 0. The van der Waals surface area contributed by atoms with Crippen LogP contribution in [-0.2, 0) is 19.4 Å². The number of nitrogens with one attached hydrogen (secondary N) is 1. The molecule has 4 rings (SSSR count). The van der Waals surface area contributed by atoms with Gasteiger partial charge in [-0.05, 0) is 61.7 Å². The molecular weight excluding hydrogens is 288 g/mol. The van der Waals surface area contributed by atoms with Gasteiger partial charge in [0.2, 0.25) is 0 Å². The quantitative estimate of drug-likeness (QED) is 0.860. The Bertz CT molecular complexity index is 799. The van der Waals surface area contributed by atoms with E-state index in [1.165, 1.54) is 29.7 Å². The number of nitrogens with zero attached hydrogens (tertiary/aromatic N) is 1. The Morgan fingerprint density at radius 1 is 1.40 bits per heavy atom. The number of aromatic amines is 1. The molecule has 2 aromatic heterocycles. The van der Waals surface area contributed by atoms with E-state index >= 15 is 0 Å². The number of hydrogen-bond acceptors (Lipinski definition) is 3. The van der Waals surface area contributed by atoms with E-state index in [1.807, 2.05) is 0 Å². The van der Waals surface area contributed by atoms with Crippen LogP contribution < -0.4 is 5.56 Å². The van der Waals surface area contributed by atoms with Crippen LogP contribution in [0.15, 0.2) is 4.79 Å². The van der Waals surface area contributed by atoms with Crippen LogP contribution in [0.25, 0.3) is 10.2 Å². The topological polar surface area (TPSA) is 37.8 Å². The first-order valence-electron chi connectivity index (χ1n) is 7.42. The zero-order chi connectivity index (χ0) is 13.9. The van der Waals surface area contributed by atoms with Gasteiger partial charge >= 0.3 is 0 Å². The lowest BCUT2D eigenvalue weighted by Gasteiger charge is -2.10. The first-order valence-corrected chi connectivity index (χ1v) is 8.65. The van der Waals surface area contributed by atoms with Gasteiger partial charge < -0.3 is 4.98 Å². The van der Waals surface area contributed by atoms with Crippen molar-refractivity contribution in [1.82, 2.24) is 9.55 Å². The Hall–Kier alpha value is -0.940. The first kappa shape index (κ1) is 12.8. The molecule has 0 bridgehead atoms. The highest BCUT2D eigenvalue weighted by molar-refractivity contribution is 7.71. The van der Waals surface area contributed by atoms with E-state index in [0.717, 1.165) is 35.5 Å². The second-order valence-electron chi connectivity index (χ2n) is 6.23. The number of fused-ring (bicyclic) bond motifs is 3. The Balaban J connectivity index is 1.92. The number of thiophene rings is 1. The van der Waals surface area contributed by atoms with Crippen molar-refractivity contribution in [1.29, 1.82) is 0 Å². The molecule has 2 unspecified atom stereocenters. The highest BCUT2D eigenvalue weighted by Gasteiger charge is 2.33. The van der Waals surface area contributed by atoms with Crippen molar-refractivity contribution >= 4 is 33.8 Å². The SMILES string of the molecule is CC1CC1Cn1c(=S)[nH]c2sc3c(c2c1=O)CCCC3. The van der Waals surface area contributed by atoms with Crippen molar-refractivity contribution in [2.24, 2.45) is 11.8 Å². The Labute approximate surface area is 126 Å². The number of H-pyrrole nitrogens is 1. The predicted octanol–water partition coefficient (Wildman–Crippen LogP) is 3.66. The normalized spacial score (nSPS) is 24.9. The second-order valence-corrected chi connectivity index (χ2v) is 7.73. The molecule has 2 aliphatic rings. The minimum atomic E-state index is 0.141. The molecule has 0 spiro atoms. The molecule has 2 atom stereocenters. The summed E-state index contributed by atoms with van der Waals surface area (Å²) < 4.78 is 2.40. The Morgan fingerprint density at radius 2 is 2.15 bits per heavy atom. The van der Waals surface area contributed by atoms with Gasteiger partial charge in [-0.2, -0.15) is 0 Å². The minimum absolute atomic E-state index is 0.141. The largest absolute Gasteiger partial charge is 0.323 e. The summed E-state index contributed by atoms with van der Waals surface area (Å²) in [5.41, 5.74) is 1.44. The van der Waals surface area contributed by atoms with Crippen molar-refractivity contribution in [3.05, 3.63) is 25.6 Å². The summed E-state index contributed by atoms with van der Waals surface area (Å²) in [5, 5.41) is 0.923. The zero-order valence-corrected chi connectivity index (χ0v) is 13.2. The van der Waals surface area contributed by atoms with Gasteiger partial charge in [0, 0.05) is 11.4 Å². The average Bonchev–Trinajstić information content (AvgIpc) is 2.98. The number of aryl methyl sites for hydroxylation is 2. The van der Waals surface area contributed by atoms with E-state index < -0.39 is 0 Å². The molecule has 0 radical (unpaired) electrons. The van der Waals surface area contributed by atoms with Gasteiger partial charge in [-0.15, -0.1) is 11.3 Å². The molecule has 1 fully saturated rings. The van der Waals surface area contributed by atoms with Crippen LogP contribution in [-0.4, -0.2) is 9.55 Å². The predicted molar refractivity (Wildman–Crippen MR) is 85.2 cm³/mol. The smallest absolute Gasteiger partial charge is 0.263 e. The fourth-order valence-corrected chi connectivity index (χ4v) is 4.93. The molecular formula is C15H18N2OS2. The molecule has 20 heavy (non-hydrogen) atoms. The first-order chi connectivity index (χ1) is 9.65. The molecule has 5 heteroatoms. The lowest BCUT2D eigenvalue weighted by molar-refractivity contribution is 0.566. The third-order valence-corrected chi connectivity index (χ3v) is 6.32. The summed E-state index contributed by atoms with van der Waals surface area (Å²) in [6.07, 6.45) is 5.84. The van der Waals surface area contributed by atoms with Crippen molar-refractivity contribution in [2.75, 3.05) is 0 Å². The fourth-order valence-electron chi connectivity index (χ4n) is 3.33. The van der Waals surface area contributed by atoms with Gasteiger partial charge in [-0.3, -0.25) is 9.36 Å². The molecule has 0 aliphatic heterocycles.